The van der Waals surface area contributed by atoms with Crippen molar-refractivity contribution in [2.24, 2.45) is 0 Å². The normalized spacial score (nSPS) is 11.9. The molecule has 152 valence electrons. The summed E-state index contributed by atoms with van der Waals surface area (Å²) in [5.41, 5.74) is 0.178. The Kier molecular flexibility index (Phi) is 5.80. The summed E-state index contributed by atoms with van der Waals surface area (Å²) < 4.78 is 53.5. The van der Waals surface area contributed by atoms with Crippen molar-refractivity contribution in [1.29, 1.82) is 0 Å². The van der Waals surface area contributed by atoms with Gasteiger partial charge in [0.1, 0.15) is 5.75 Å². The van der Waals surface area contributed by atoms with Crippen LogP contribution in [0.15, 0.2) is 68.8 Å². The van der Waals surface area contributed by atoms with E-state index in [9.17, 15) is 21.6 Å². The molecule has 0 aliphatic rings. The zero-order valence-corrected chi connectivity index (χ0v) is 16.9. The Morgan fingerprint density at radius 2 is 1.52 bits per heavy atom. The van der Waals surface area contributed by atoms with Gasteiger partial charge >= 0.3 is 6.01 Å². The molecule has 0 atom stereocenters. The third-order valence-electron chi connectivity index (χ3n) is 3.96. The van der Waals surface area contributed by atoms with E-state index < -0.39 is 31.3 Å². The Bertz CT molecular complexity index is 1220. The molecule has 0 bridgehead atoms. The second kappa shape index (κ2) is 8.13. The maximum Gasteiger partial charge on any atom is 0.322 e. The van der Waals surface area contributed by atoms with E-state index in [4.69, 9.17) is 4.42 Å². The van der Waals surface area contributed by atoms with Gasteiger partial charge in [-0.1, -0.05) is 30.2 Å². The number of carbonyl (C=O) groups excluding carboxylic acids is 1. The first-order valence-corrected chi connectivity index (χ1v) is 11.8. The van der Waals surface area contributed by atoms with Crippen LogP contribution in [-0.2, 0) is 25.4 Å². The second-order valence-corrected chi connectivity index (χ2v) is 10.2. The summed E-state index contributed by atoms with van der Waals surface area (Å²) in [6, 6.07) is 12.9. The molecular formula is C18H17N3O6S2. The summed E-state index contributed by atoms with van der Waals surface area (Å²) in [6.45, 7) is 1.53. The molecule has 11 heteroatoms. The number of carbonyl (C=O) groups is 1. The maximum absolute atomic E-state index is 12.3. The fourth-order valence-corrected chi connectivity index (χ4v) is 4.45. The molecule has 1 heterocycles. The first-order chi connectivity index (χ1) is 13.7. The lowest BCUT2D eigenvalue weighted by Gasteiger charge is -2.04. The lowest BCUT2D eigenvalue weighted by atomic mass is 10.2. The molecule has 0 spiro atoms. The van der Waals surface area contributed by atoms with E-state index in [1.807, 2.05) is 0 Å². The van der Waals surface area contributed by atoms with Crippen LogP contribution in [0, 0.1) is 0 Å². The van der Waals surface area contributed by atoms with Gasteiger partial charge in [-0.25, -0.2) is 16.8 Å². The molecule has 0 aliphatic heterocycles. The standard InChI is InChI=1S/C18H17N3O6S2/c1-2-28(23,24)15-10-8-13(9-11-15)17(22)19-18-21-20-16(27-18)12-29(25,26)14-6-4-3-5-7-14/h3-11H,2,12H2,1H3,(H,19,21,22). The topological polar surface area (TPSA) is 136 Å². The van der Waals surface area contributed by atoms with Crippen molar-refractivity contribution in [1.82, 2.24) is 10.2 Å². The van der Waals surface area contributed by atoms with Gasteiger partial charge in [0.05, 0.1) is 15.5 Å². The fraction of sp³-hybridized carbons (Fsp3) is 0.167. The van der Waals surface area contributed by atoms with Crippen LogP contribution in [0.2, 0.25) is 0 Å². The largest absolute Gasteiger partial charge is 0.407 e. The van der Waals surface area contributed by atoms with Gasteiger partial charge in [0.15, 0.2) is 19.7 Å². The van der Waals surface area contributed by atoms with E-state index in [1.54, 1.807) is 18.2 Å². The third-order valence-corrected chi connectivity index (χ3v) is 7.33. The minimum Gasteiger partial charge on any atom is -0.407 e. The molecule has 0 unspecified atom stereocenters. The number of amides is 1. The minimum absolute atomic E-state index is 0.0464. The van der Waals surface area contributed by atoms with Crippen LogP contribution in [0.25, 0.3) is 0 Å². The van der Waals surface area contributed by atoms with Gasteiger partial charge in [-0.05, 0) is 36.4 Å². The van der Waals surface area contributed by atoms with Crippen molar-refractivity contribution < 1.29 is 26.0 Å². The van der Waals surface area contributed by atoms with Crippen molar-refractivity contribution in [2.45, 2.75) is 22.5 Å². The summed E-state index contributed by atoms with van der Waals surface area (Å²) in [4.78, 5) is 12.5. The summed E-state index contributed by atoms with van der Waals surface area (Å²) in [6.07, 6.45) is 0. The lowest BCUT2D eigenvalue weighted by Crippen LogP contribution is -2.12. The molecule has 2 aromatic carbocycles. The molecule has 1 amide bonds. The van der Waals surface area contributed by atoms with Crippen molar-refractivity contribution >= 4 is 31.6 Å². The minimum atomic E-state index is -3.67. The summed E-state index contributed by atoms with van der Waals surface area (Å²) in [5.74, 6) is -1.33. The van der Waals surface area contributed by atoms with Crippen LogP contribution >= 0.6 is 0 Å². The number of anilines is 1. The smallest absolute Gasteiger partial charge is 0.322 e. The zero-order valence-electron chi connectivity index (χ0n) is 15.3. The number of hydrogen-bond donors (Lipinski definition) is 1. The average molecular weight is 435 g/mol. The molecule has 0 saturated carbocycles. The first-order valence-electron chi connectivity index (χ1n) is 8.45. The highest BCUT2D eigenvalue weighted by Crippen LogP contribution is 2.17. The SMILES string of the molecule is CCS(=O)(=O)c1ccc(C(=O)Nc2nnc(CS(=O)(=O)c3ccccc3)o2)cc1. The Morgan fingerprint density at radius 3 is 2.14 bits per heavy atom. The van der Waals surface area contributed by atoms with Crippen LogP contribution in [0.4, 0.5) is 6.01 Å². The Labute approximate surface area is 167 Å². The maximum atomic E-state index is 12.3. The number of nitrogens with zero attached hydrogens (tertiary/aromatic N) is 2. The Hall–Kier alpha value is -3.05. The third kappa shape index (κ3) is 4.87. The summed E-state index contributed by atoms with van der Waals surface area (Å²) in [7, 11) is -7.03. The number of benzene rings is 2. The lowest BCUT2D eigenvalue weighted by molar-refractivity contribution is 0.102. The monoisotopic (exact) mass is 435 g/mol. The molecular weight excluding hydrogens is 418 g/mol. The van der Waals surface area contributed by atoms with Crippen molar-refractivity contribution in [3.05, 3.63) is 66.1 Å². The van der Waals surface area contributed by atoms with Crippen molar-refractivity contribution in [3.8, 4) is 0 Å². The molecule has 0 fully saturated rings. The van der Waals surface area contributed by atoms with Gasteiger partial charge in [-0.2, -0.15) is 0 Å². The van der Waals surface area contributed by atoms with E-state index in [1.165, 1.54) is 43.3 Å². The Morgan fingerprint density at radius 1 is 0.897 bits per heavy atom. The molecule has 1 aromatic heterocycles. The van der Waals surface area contributed by atoms with E-state index >= 15 is 0 Å². The number of sulfone groups is 2. The van der Waals surface area contributed by atoms with E-state index in [-0.39, 0.29) is 33.0 Å². The van der Waals surface area contributed by atoms with Gasteiger partial charge in [0, 0.05) is 5.56 Å². The zero-order chi connectivity index (χ0) is 21.1. The molecule has 0 saturated heterocycles. The summed E-state index contributed by atoms with van der Waals surface area (Å²) in [5, 5.41) is 9.61. The molecule has 3 aromatic rings. The second-order valence-electron chi connectivity index (χ2n) is 5.96. The highest BCUT2D eigenvalue weighted by Gasteiger charge is 2.20. The van der Waals surface area contributed by atoms with E-state index in [0.29, 0.717) is 0 Å². The molecule has 3 rings (SSSR count). The molecule has 0 aliphatic carbocycles. The predicted molar refractivity (Wildman–Crippen MR) is 104 cm³/mol. The van der Waals surface area contributed by atoms with Crippen LogP contribution in [0.3, 0.4) is 0 Å². The van der Waals surface area contributed by atoms with Crippen molar-refractivity contribution in [3.63, 3.8) is 0 Å². The van der Waals surface area contributed by atoms with Crippen LogP contribution in [0.5, 0.6) is 0 Å². The van der Waals surface area contributed by atoms with Crippen molar-refractivity contribution in [2.75, 3.05) is 11.1 Å². The van der Waals surface area contributed by atoms with Crippen LogP contribution in [-0.4, -0.2) is 38.7 Å². The van der Waals surface area contributed by atoms with E-state index in [0.717, 1.165) is 0 Å². The molecule has 29 heavy (non-hydrogen) atoms. The fourth-order valence-electron chi connectivity index (χ4n) is 2.39. The molecule has 9 nitrogen and oxygen atoms in total. The Balaban J connectivity index is 1.69. The highest BCUT2D eigenvalue weighted by molar-refractivity contribution is 7.91. The number of rotatable bonds is 7. The molecule has 1 N–H and O–H groups in total. The quantitative estimate of drug-likeness (QED) is 0.596. The highest BCUT2D eigenvalue weighted by atomic mass is 32.2. The number of hydrogen-bond acceptors (Lipinski definition) is 8. The number of nitrogens with one attached hydrogen (secondary N) is 1. The average Bonchev–Trinajstić information content (AvgIpc) is 3.14. The predicted octanol–water partition coefficient (Wildman–Crippen LogP) is 2.09. The van der Waals surface area contributed by atoms with Gasteiger partial charge in [-0.15, -0.1) is 5.10 Å². The van der Waals surface area contributed by atoms with Gasteiger partial charge in [-0.3, -0.25) is 10.1 Å². The van der Waals surface area contributed by atoms with Gasteiger partial charge < -0.3 is 4.42 Å². The van der Waals surface area contributed by atoms with Crippen LogP contribution in [0.1, 0.15) is 23.2 Å². The summed E-state index contributed by atoms with van der Waals surface area (Å²) >= 11 is 0. The first kappa shape index (κ1) is 20.7. The number of aromatic nitrogens is 2. The van der Waals surface area contributed by atoms with E-state index in [2.05, 4.69) is 15.5 Å². The molecule has 0 radical (unpaired) electrons. The van der Waals surface area contributed by atoms with Crippen LogP contribution < -0.4 is 5.32 Å². The van der Waals surface area contributed by atoms with Gasteiger partial charge in [0.2, 0.25) is 5.89 Å². The van der Waals surface area contributed by atoms with Gasteiger partial charge in [0.25, 0.3) is 5.91 Å².